The van der Waals surface area contributed by atoms with Gasteiger partial charge in [-0.05, 0) is 50.2 Å². The van der Waals surface area contributed by atoms with Crippen LogP contribution in [-0.2, 0) is 10.0 Å². The Hall–Kier alpha value is -2.54. The number of methoxy groups -OCH3 is 1. The summed E-state index contributed by atoms with van der Waals surface area (Å²) in [4.78, 5) is 0. The van der Waals surface area contributed by atoms with Crippen LogP contribution in [0.3, 0.4) is 0 Å². The Morgan fingerprint density at radius 1 is 1.12 bits per heavy atom. The minimum atomic E-state index is -3.44. The SMILES string of the molecule is COc1ccc(/C(=N\O)c2cccc(NS(=O)(=O)C(C)C)c2)cc1. The summed E-state index contributed by atoms with van der Waals surface area (Å²) in [5, 5.41) is 12.2. The second-order valence-corrected chi connectivity index (χ2v) is 7.69. The van der Waals surface area contributed by atoms with E-state index in [0.29, 0.717) is 28.3 Å². The summed E-state index contributed by atoms with van der Waals surface area (Å²) in [5.74, 6) is 0.689. The summed E-state index contributed by atoms with van der Waals surface area (Å²) >= 11 is 0. The Labute approximate surface area is 141 Å². The average molecular weight is 348 g/mol. The van der Waals surface area contributed by atoms with E-state index >= 15 is 0 Å². The van der Waals surface area contributed by atoms with Gasteiger partial charge in [0.05, 0.1) is 12.4 Å². The quantitative estimate of drug-likeness (QED) is 0.477. The second kappa shape index (κ2) is 7.35. The molecule has 2 N–H and O–H groups in total. The van der Waals surface area contributed by atoms with Gasteiger partial charge in [0.15, 0.2) is 0 Å². The maximum absolute atomic E-state index is 12.0. The molecule has 6 nitrogen and oxygen atoms in total. The lowest BCUT2D eigenvalue weighted by molar-refractivity contribution is 0.319. The molecule has 0 radical (unpaired) electrons. The van der Waals surface area contributed by atoms with Gasteiger partial charge in [0.2, 0.25) is 10.0 Å². The molecular formula is C17H20N2O4S. The predicted molar refractivity (Wildman–Crippen MR) is 94.5 cm³/mol. The van der Waals surface area contributed by atoms with Gasteiger partial charge < -0.3 is 9.94 Å². The number of hydrogen-bond donors (Lipinski definition) is 2. The van der Waals surface area contributed by atoms with Crippen molar-refractivity contribution in [2.45, 2.75) is 19.1 Å². The molecule has 0 saturated heterocycles. The summed E-state index contributed by atoms with van der Waals surface area (Å²) in [6.45, 7) is 3.20. The fourth-order valence-corrected chi connectivity index (χ4v) is 2.73. The maximum Gasteiger partial charge on any atom is 0.235 e. The van der Waals surface area contributed by atoms with E-state index in [2.05, 4.69) is 9.88 Å². The third kappa shape index (κ3) is 4.05. The van der Waals surface area contributed by atoms with Crippen molar-refractivity contribution in [2.75, 3.05) is 11.8 Å². The number of nitrogens with one attached hydrogen (secondary N) is 1. The van der Waals surface area contributed by atoms with Crippen LogP contribution in [-0.4, -0.2) is 31.7 Å². The van der Waals surface area contributed by atoms with Crippen molar-refractivity contribution in [3.05, 3.63) is 59.7 Å². The van der Waals surface area contributed by atoms with Crippen molar-refractivity contribution in [3.63, 3.8) is 0 Å². The van der Waals surface area contributed by atoms with E-state index in [-0.39, 0.29) is 0 Å². The lowest BCUT2D eigenvalue weighted by Gasteiger charge is -2.12. The van der Waals surface area contributed by atoms with Gasteiger partial charge in [0.1, 0.15) is 11.5 Å². The molecule has 0 aliphatic carbocycles. The molecule has 0 unspecified atom stereocenters. The lowest BCUT2D eigenvalue weighted by Crippen LogP contribution is -2.22. The minimum absolute atomic E-state index is 0.336. The molecule has 0 aromatic heterocycles. The van der Waals surface area contributed by atoms with Crippen molar-refractivity contribution >= 4 is 21.4 Å². The molecule has 0 aliphatic rings. The topological polar surface area (TPSA) is 88.0 Å². The highest BCUT2D eigenvalue weighted by molar-refractivity contribution is 7.93. The number of oxime groups is 1. The molecule has 0 saturated carbocycles. The highest BCUT2D eigenvalue weighted by Crippen LogP contribution is 2.19. The molecule has 7 heteroatoms. The zero-order chi connectivity index (χ0) is 17.7. The van der Waals surface area contributed by atoms with E-state index in [1.807, 2.05) is 0 Å². The van der Waals surface area contributed by atoms with Gasteiger partial charge in [0, 0.05) is 16.8 Å². The van der Waals surface area contributed by atoms with Crippen LogP contribution in [0.4, 0.5) is 5.69 Å². The monoisotopic (exact) mass is 348 g/mol. The number of nitrogens with zero attached hydrogens (tertiary/aromatic N) is 1. The van der Waals surface area contributed by atoms with Crippen LogP contribution in [0.5, 0.6) is 5.75 Å². The van der Waals surface area contributed by atoms with E-state index in [1.54, 1.807) is 69.5 Å². The van der Waals surface area contributed by atoms with Crippen molar-refractivity contribution < 1.29 is 18.4 Å². The lowest BCUT2D eigenvalue weighted by atomic mass is 10.0. The third-order valence-electron chi connectivity index (χ3n) is 3.48. The Kier molecular flexibility index (Phi) is 5.46. The van der Waals surface area contributed by atoms with E-state index in [9.17, 15) is 13.6 Å². The molecular weight excluding hydrogens is 328 g/mol. The molecule has 0 bridgehead atoms. The maximum atomic E-state index is 12.0. The number of ether oxygens (including phenoxy) is 1. The Bertz CT molecular complexity index is 828. The second-order valence-electron chi connectivity index (χ2n) is 5.45. The summed E-state index contributed by atoms with van der Waals surface area (Å²) in [6, 6.07) is 13.7. The van der Waals surface area contributed by atoms with E-state index in [1.165, 1.54) is 0 Å². The average Bonchev–Trinajstić information content (AvgIpc) is 2.56. The molecule has 0 atom stereocenters. The fourth-order valence-electron chi connectivity index (χ4n) is 2.04. The molecule has 2 aromatic carbocycles. The number of hydrogen-bond acceptors (Lipinski definition) is 5. The summed E-state index contributed by atoms with van der Waals surface area (Å²) in [5.41, 5.74) is 2.02. The van der Waals surface area contributed by atoms with Crippen LogP contribution in [0.25, 0.3) is 0 Å². The first-order valence-corrected chi connectivity index (χ1v) is 8.90. The molecule has 0 amide bonds. The Morgan fingerprint density at radius 3 is 2.33 bits per heavy atom. The largest absolute Gasteiger partial charge is 0.497 e. The van der Waals surface area contributed by atoms with Crippen molar-refractivity contribution in [1.29, 1.82) is 0 Å². The van der Waals surface area contributed by atoms with Gasteiger partial charge in [-0.2, -0.15) is 0 Å². The number of rotatable bonds is 6. The van der Waals surface area contributed by atoms with Crippen molar-refractivity contribution in [2.24, 2.45) is 5.16 Å². The normalized spacial score (nSPS) is 12.2. The number of sulfonamides is 1. The molecule has 2 aromatic rings. The molecule has 0 heterocycles. The van der Waals surface area contributed by atoms with Crippen LogP contribution in [0.1, 0.15) is 25.0 Å². The zero-order valence-electron chi connectivity index (χ0n) is 13.7. The molecule has 128 valence electrons. The Morgan fingerprint density at radius 2 is 1.79 bits per heavy atom. The van der Waals surface area contributed by atoms with Gasteiger partial charge in [-0.1, -0.05) is 17.3 Å². The first kappa shape index (κ1) is 17.8. The zero-order valence-corrected chi connectivity index (χ0v) is 14.5. The van der Waals surface area contributed by atoms with Crippen LogP contribution in [0.15, 0.2) is 53.7 Å². The highest BCUT2D eigenvalue weighted by atomic mass is 32.2. The minimum Gasteiger partial charge on any atom is -0.497 e. The van der Waals surface area contributed by atoms with Crippen LogP contribution >= 0.6 is 0 Å². The van der Waals surface area contributed by atoms with Gasteiger partial charge in [0.25, 0.3) is 0 Å². The summed E-state index contributed by atoms with van der Waals surface area (Å²) in [6.07, 6.45) is 0. The van der Waals surface area contributed by atoms with Crippen molar-refractivity contribution in [3.8, 4) is 5.75 Å². The molecule has 0 spiro atoms. The van der Waals surface area contributed by atoms with Crippen molar-refractivity contribution in [1.82, 2.24) is 0 Å². The fraction of sp³-hybridized carbons (Fsp3) is 0.235. The third-order valence-corrected chi connectivity index (χ3v) is 5.24. The van der Waals surface area contributed by atoms with Gasteiger partial charge in [-0.15, -0.1) is 0 Å². The molecule has 24 heavy (non-hydrogen) atoms. The molecule has 0 aliphatic heterocycles. The number of benzene rings is 2. The summed E-state index contributed by atoms with van der Waals surface area (Å²) in [7, 11) is -1.87. The van der Waals surface area contributed by atoms with E-state index in [0.717, 1.165) is 0 Å². The Balaban J connectivity index is 2.35. The van der Waals surface area contributed by atoms with Crippen LogP contribution < -0.4 is 9.46 Å². The van der Waals surface area contributed by atoms with Gasteiger partial charge >= 0.3 is 0 Å². The predicted octanol–water partition coefficient (Wildman–Crippen LogP) is 3.07. The smallest absolute Gasteiger partial charge is 0.235 e. The highest BCUT2D eigenvalue weighted by Gasteiger charge is 2.16. The van der Waals surface area contributed by atoms with Gasteiger partial charge in [-0.25, -0.2) is 8.42 Å². The first-order valence-electron chi connectivity index (χ1n) is 7.36. The van der Waals surface area contributed by atoms with Gasteiger partial charge in [-0.3, -0.25) is 4.72 Å². The van der Waals surface area contributed by atoms with Crippen LogP contribution in [0, 0.1) is 0 Å². The standard InChI is InChI=1S/C17H20N2O4S/c1-12(2)24(21,22)19-15-6-4-5-14(11-15)17(18-20)13-7-9-16(23-3)10-8-13/h4-12,19-20H,1-3H3/b18-17+. The first-order chi connectivity index (χ1) is 11.4. The number of anilines is 1. The van der Waals surface area contributed by atoms with Crippen LogP contribution in [0.2, 0.25) is 0 Å². The van der Waals surface area contributed by atoms with E-state index < -0.39 is 15.3 Å². The molecule has 2 rings (SSSR count). The molecule has 0 fully saturated rings. The van der Waals surface area contributed by atoms with E-state index in [4.69, 9.17) is 4.74 Å². The summed E-state index contributed by atoms with van der Waals surface area (Å²) < 4.78 is 31.6.